The van der Waals surface area contributed by atoms with E-state index in [0.29, 0.717) is 36.2 Å². The van der Waals surface area contributed by atoms with E-state index in [1.807, 2.05) is 4.90 Å². The Kier molecular flexibility index (Phi) is 5.17. The van der Waals surface area contributed by atoms with Crippen molar-refractivity contribution in [2.75, 3.05) is 26.2 Å². The molecule has 1 N–H and O–H groups in total. The normalized spacial score (nSPS) is 16.6. The van der Waals surface area contributed by atoms with Gasteiger partial charge in [-0.3, -0.25) is 4.90 Å². The molecule has 9 heteroatoms. The van der Waals surface area contributed by atoms with E-state index >= 15 is 0 Å². The van der Waals surface area contributed by atoms with Crippen LogP contribution >= 0.6 is 15.9 Å². The Morgan fingerprint density at radius 3 is 2.45 bits per heavy atom. The van der Waals surface area contributed by atoms with E-state index in [-0.39, 0.29) is 12.3 Å². The summed E-state index contributed by atoms with van der Waals surface area (Å²) in [5.74, 6) is -0.248. The fraction of sp³-hybridized carbons (Fsp3) is 0.462. The van der Waals surface area contributed by atoms with Gasteiger partial charge in [0.15, 0.2) is 0 Å². The van der Waals surface area contributed by atoms with Gasteiger partial charge < -0.3 is 14.7 Å². The number of amides is 1. The van der Waals surface area contributed by atoms with Gasteiger partial charge in [0, 0.05) is 42.8 Å². The molecule has 0 saturated carbocycles. The summed E-state index contributed by atoms with van der Waals surface area (Å²) in [6.07, 6.45) is -5.73. The number of benzene rings is 1. The zero-order valence-electron chi connectivity index (χ0n) is 11.4. The smallest absolute Gasteiger partial charge is 0.465 e. The summed E-state index contributed by atoms with van der Waals surface area (Å²) in [7, 11) is 0. The topological polar surface area (TPSA) is 53.0 Å². The molecule has 2 rings (SSSR count). The molecule has 1 aliphatic heterocycles. The van der Waals surface area contributed by atoms with E-state index in [1.165, 1.54) is 11.0 Å². The fourth-order valence-corrected chi connectivity index (χ4v) is 2.56. The predicted molar refractivity (Wildman–Crippen MR) is 75.7 cm³/mol. The van der Waals surface area contributed by atoms with E-state index < -0.39 is 12.5 Å². The molecule has 0 aromatic heterocycles. The van der Waals surface area contributed by atoms with Gasteiger partial charge in [0.25, 0.3) is 0 Å². The standard InChI is InChI=1S/C13H14BrF3N2O3/c14-10-2-1-9(11(7-10)22-13(15,16)17)8-18-3-5-19(6-4-18)12(20)21/h1-2,7H,3-6,8H2,(H,20,21). The third-order valence-corrected chi connectivity index (χ3v) is 3.78. The molecule has 1 aromatic carbocycles. The van der Waals surface area contributed by atoms with Crippen LogP contribution in [0.2, 0.25) is 0 Å². The van der Waals surface area contributed by atoms with Crippen molar-refractivity contribution >= 4 is 22.0 Å². The van der Waals surface area contributed by atoms with Gasteiger partial charge in [0.1, 0.15) is 5.75 Å². The second-order valence-corrected chi connectivity index (χ2v) is 5.76. The number of ether oxygens (including phenoxy) is 1. The van der Waals surface area contributed by atoms with Crippen molar-refractivity contribution in [3.63, 3.8) is 0 Å². The maximum atomic E-state index is 12.4. The summed E-state index contributed by atoms with van der Waals surface area (Å²) in [5, 5.41) is 8.87. The van der Waals surface area contributed by atoms with Crippen molar-refractivity contribution < 1.29 is 27.8 Å². The summed E-state index contributed by atoms with van der Waals surface area (Å²) in [6, 6.07) is 4.48. The molecule has 0 radical (unpaired) electrons. The lowest BCUT2D eigenvalue weighted by Gasteiger charge is -2.33. The molecule has 1 heterocycles. The number of piperazine rings is 1. The minimum Gasteiger partial charge on any atom is -0.465 e. The Balaban J connectivity index is 2.05. The highest BCUT2D eigenvalue weighted by atomic mass is 79.9. The zero-order chi connectivity index (χ0) is 16.3. The zero-order valence-corrected chi connectivity index (χ0v) is 13.0. The first-order valence-electron chi connectivity index (χ1n) is 6.49. The largest absolute Gasteiger partial charge is 0.573 e. The van der Waals surface area contributed by atoms with E-state index in [2.05, 4.69) is 20.7 Å². The van der Waals surface area contributed by atoms with E-state index in [9.17, 15) is 18.0 Å². The van der Waals surface area contributed by atoms with Gasteiger partial charge in [0.2, 0.25) is 0 Å². The summed E-state index contributed by atoms with van der Waals surface area (Å²) in [4.78, 5) is 14.0. The molecule has 1 amide bonds. The van der Waals surface area contributed by atoms with Crippen LogP contribution < -0.4 is 4.74 Å². The van der Waals surface area contributed by atoms with Crippen LogP contribution in [0.5, 0.6) is 5.75 Å². The maximum Gasteiger partial charge on any atom is 0.573 e. The fourth-order valence-electron chi connectivity index (χ4n) is 2.22. The first-order chi connectivity index (χ1) is 10.2. The monoisotopic (exact) mass is 382 g/mol. The lowest BCUT2D eigenvalue weighted by atomic mass is 10.1. The van der Waals surface area contributed by atoms with Crippen LogP contribution in [0.1, 0.15) is 5.56 Å². The van der Waals surface area contributed by atoms with Crippen LogP contribution in [0, 0.1) is 0 Å². The van der Waals surface area contributed by atoms with Crippen LogP contribution in [0.3, 0.4) is 0 Å². The summed E-state index contributed by atoms with van der Waals surface area (Å²) >= 11 is 3.12. The first-order valence-corrected chi connectivity index (χ1v) is 7.28. The average molecular weight is 383 g/mol. The first kappa shape index (κ1) is 16.9. The third kappa shape index (κ3) is 4.77. The second-order valence-electron chi connectivity index (χ2n) is 4.85. The van der Waals surface area contributed by atoms with Crippen LogP contribution in [-0.2, 0) is 6.54 Å². The minimum atomic E-state index is -4.75. The Bertz CT molecular complexity index is 546. The Morgan fingerprint density at radius 1 is 1.27 bits per heavy atom. The lowest BCUT2D eigenvalue weighted by molar-refractivity contribution is -0.275. The highest BCUT2D eigenvalue weighted by Crippen LogP contribution is 2.30. The number of carboxylic acid groups (broad SMARTS) is 1. The minimum absolute atomic E-state index is 0.248. The highest BCUT2D eigenvalue weighted by molar-refractivity contribution is 9.10. The predicted octanol–water partition coefficient (Wildman–Crippen LogP) is 3.14. The number of nitrogens with zero attached hydrogens (tertiary/aromatic N) is 2. The highest BCUT2D eigenvalue weighted by Gasteiger charge is 2.32. The molecule has 0 spiro atoms. The molecule has 22 heavy (non-hydrogen) atoms. The molecule has 1 fully saturated rings. The number of alkyl halides is 3. The summed E-state index contributed by atoms with van der Waals surface area (Å²) < 4.78 is 41.9. The van der Waals surface area contributed by atoms with Gasteiger partial charge in [-0.2, -0.15) is 0 Å². The molecule has 5 nitrogen and oxygen atoms in total. The van der Waals surface area contributed by atoms with Gasteiger partial charge in [0.05, 0.1) is 0 Å². The number of rotatable bonds is 3. The molecule has 122 valence electrons. The van der Waals surface area contributed by atoms with Gasteiger partial charge in [-0.1, -0.05) is 22.0 Å². The lowest BCUT2D eigenvalue weighted by Crippen LogP contribution is -2.47. The van der Waals surface area contributed by atoms with Crippen molar-refractivity contribution in [3.8, 4) is 5.75 Å². The van der Waals surface area contributed by atoms with Crippen LogP contribution in [0.15, 0.2) is 22.7 Å². The van der Waals surface area contributed by atoms with E-state index in [0.717, 1.165) is 0 Å². The van der Waals surface area contributed by atoms with Crippen LogP contribution in [-0.4, -0.2) is 53.5 Å². The van der Waals surface area contributed by atoms with E-state index in [4.69, 9.17) is 5.11 Å². The number of carbonyl (C=O) groups is 1. The SMILES string of the molecule is O=C(O)N1CCN(Cc2ccc(Br)cc2OC(F)(F)F)CC1. The Labute approximate surface area is 133 Å². The molecule has 0 unspecified atom stereocenters. The summed E-state index contributed by atoms with van der Waals surface area (Å²) in [5.41, 5.74) is 0.407. The van der Waals surface area contributed by atoms with Gasteiger partial charge in [-0.05, 0) is 12.1 Å². The van der Waals surface area contributed by atoms with Crippen LogP contribution in [0.25, 0.3) is 0 Å². The molecule has 0 aliphatic carbocycles. The average Bonchev–Trinajstić information content (AvgIpc) is 2.41. The van der Waals surface area contributed by atoms with Crippen molar-refractivity contribution in [2.24, 2.45) is 0 Å². The number of halogens is 4. The molecule has 0 bridgehead atoms. The molecular weight excluding hydrogens is 369 g/mol. The van der Waals surface area contributed by atoms with E-state index in [1.54, 1.807) is 12.1 Å². The molecular formula is C13H14BrF3N2O3. The Hall–Kier alpha value is -1.48. The number of hydrogen-bond acceptors (Lipinski definition) is 3. The number of hydrogen-bond donors (Lipinski definition) is 1. The Morgan fingerprint density at radius 2 is 1.91 bits per heavy atom. The maximum absolute atomic E-state index is 12.4. The third-order valence-electron chi connectivity index (χ3n) is 3.29. The van der Waals surface area contributed by atoms with Crippen molar-refractivity contribution in [1.29, 1.82) is 0 Å². The molecule has 1 aromatic rings. The summed E-state index contributed by atoms with van der Waals surface area (Å²) in [6.45, 7) is 1.87. The second kappa shape index (κ2) is 6.74. The van der Waals surface area contributed by atoms with Crippen molar-refractivity contribution in [1.82, 2.24) is 9.80 Å². The van der Waals surface area contributed by atoms with Crippen molar-refractivity contribution in [2.45, 2.75) is 12.9 Å². The molecule has 1 saturated heterocycles. The quantitative estimate of drug-likeness (QED) is 0.872. The van der Waals surface area contributed by atoms with Gasteiger partial charge >= 0.3 is 12.5 Å². The van der Waals surface area contributed by atoms with Crippen molar-refractivity contribution in [3.05, 3.63) is 28.2 Å². The molecule has 0 atom stereocenters. The molecule has 1 aliphatic rings. The van der Waals surface area contributed by atoms with Crippen LogP contribution in [0.4, 0.5) is 18.0 Å². The van der Waals surface area contributed by atoms with Gasteiger partial charge in [-0.15, -0.1) is 13.2 Å². The van der Waals surface area contributed by atoms with Gasteiger partial charge in [-0.25, -0.2) is 4.79 Å².